The first-order valence-corrected chi connectivity index (χ1v) is 8.62. The molecule has 2 rings (SSSR count). The summed E-state index contributed by atoms with van der Waals surface area (Å²) in [7, 11) is -1.63. The van der Waals surface area contributed by atoms with E-state index in [1.54, 1.807) is 13.2 Å². The highest BCUT2D eigenvalue weighted by atomic mass is 32.2. The van der Waals surface area contributed by atoms with Gasteiger partial charge in [-0.3, -0.25) is 0 Å². The Hall–Kier alpha value is -1.99. The van der Waals surface area contributed by atoms with Crippen LogP contribution in [0.15, 0.2) is 36.7 Å². The zero-order valence-corrected chi connectivity index (χ0v) is 13.4. The normalized spacial score (nSPS) is 11.4. The van der Waals surface area contributed by atoms with Crippen molar-refractivity contribution in [2.45, 2.75) is 19.9 Å². The van der Waals surface area contributed by atoms with E-state index < -0.39 is 10.0 Å². The van der Waals surface area contributed by atoms with Crippen LogP contribution in [-0.2, 0) is 16.6 Å². The van der Waals surface area contributed by atoms with E-state index in [0.29, 0.717) is 12.1 Å². The minimum absolute atomic E-state index is 0.115. The third-order valence-electron chi connectivity index (χ3n) is 3.06. The average molecular weight is 321 g/mol. The van der Waals surface area contributed by atoms with Crippen molar-refractivity contribution in [2.75, 3.05) is 12.9 Å². The molecule has 0 aliphatic carbocycles. The molecule has 0 saturated heterocycles. The number of nitrogens with one attached hydrogen (secondary N) is 1. The second kappa shape index (κ2) is 7.33. The van der Waals surface area contributed by atoms with Crippen LogP contribution in [0.3, 0.4) is 0 Å². The zero-order valence-electron chi connectivity index (χ0n) is 12.6. The van der Waals surface area contributed by atoms with Gasteiger partial charge in [0.15, 0.2) is 0 Å². The molecule has 0 spiro atoms. The maximum absolute atomic E-state index is 11.7. The van der Waals surface area contributed by atoms with Gasteiger partial charge in [-0.15, -0.1) is 0 Å². The smallest absolute Gasteiger partial charge is 0.211 e. The standard InChI is InChI=1S/C15H19N3O3S/c1-3-8-22(19,20)18-10-13-9-15(17-11-16-13)12-4-6-14(21-2)7-5-12/h4-7,9,11,18H,3,8,10H2,1-2H3. The predicted octanol–water partition coefficient (Wildman–Crippen LogP) is 1.98. The Morgan fingerprint density at radius 3 is 2.55 bits per heavy atom. The molecule has 7 heteroatoms. The highest BCUT2D eigenvalue weighted by Gasteiger charge is 2.09. The summed E-state index contributed by atoms with van der Waals surface area (Å²) in [5, 5.41) is 0. The number of sulfonamides is 1. The minimum Gasteiger partial charge on any atom is -0.497 e. The number of hydrogen-bond donors (Lipinski definition) is 1. The molecule has 2 aromatic rings. The minimum atomic E-state index is -3.24. The van der Waals surface area contributed by atoms with Gasteiger partial charge in [0, 0.05) is 5.56 Å². The summed E-state index contributed by atoms with van der Waals surface area (Å²) in [6.45, 7) is 1.99. The number of aromatic nitrogens is 2. The Balaban J connectivity index is 2.12. The van der Waals surface area contributed by atoms with Crippen molar-refractivity contribution in [2.24, 2.45) is 0 Å². The maximum atomic E-state index is 11.7. The molecule has 1 aromatic carbocycles. The Morgan fingerprint density at radius 1 is 1.18 bits per heavy atom. The Bertz CT molecular complexity index is 715. The van der Waals surface area contributed by atoms with E-state index in [2.05, 4.69) is 14.7 Å². The molecule has 6 nitrogen and oxygen atoms in total. The summed E-state index contributed by atoms with van der Waals surface area (Å²) in [6, 6.07) is 9.26. The van der Waals surface area contributed by atoms with E-state index >= 15 is 0 Å². The monoisotopic (exact) mass is 321 g/mol. The van der Waals surface area contributed by atoms with Gasteiger partial charge in [0.2, 0.25) is 10.0 Å². The number of rotatable bonds is 7. The molecule has 0 fully saturated rings. The molecule has 0 bridgehead atoms. The summed E-state index contributed by atoms with van der Waals surface area (Å²) in [5.41, 5.74) is 2.28. The Kier molecular flexibility index (Phi) is 5.46. The fourth-order valence-electron chi connectivity index (χ4n) is 1.94. The van der Waals surface area contributed by atoms with Gasteiger partial charge in [-0.05, 0) is 36.8 Å². The molecule has 1 N–H and O–H groups in total. The maximum Gasteiger partial charge on any atom is 0.211 e. The van der Waals surface area contributed by atoms with Crippen molar-refractivity contribution < 1.29 is 13.2 Å². The van der Waals surface area contributed by atoms with Crippen LogP contribution in [0.25, 0.3) is 11.3 Å². The number of hydrogen-bond acceptors (Lipinski definition) is 5. The van der Waals surface area contributed by atoms with Crippen LogP contribution in [0.1, 0.15) is 19.0 Å². The lowest BCUT2D eigenvalue weighted by molar-refractivity contribution is 0.415. The Morgan fingerprint density at radius 2 is 1.91 bits per heavy atom. The summed E-state index contributed by atoms with van der Waals surface area (Å²) < 4.78 is 31.0. The van der Waals surface area contributed by atoms with E-state index in [-0.39, 0.29) is 12.3 Å². The van der Waals surface area contributed by atoms with Gasteiger partial charge in [0.05, 0.1) is 30.8 Å². The average Bonchev–Trinajstić information content (AvgIpc) is 2.53. The number of ether oxygens (including phenoxy) is 1. The van der Waals surface area contributed by atoms with Crippen molar-refractivity contribution in [3.05, 3.63) is 42.4 Å². The number of benzene rings is 1. The number of nitrogens with zero attached hydrogens (tertiary/aromatic N) is 2. The first-order valence-electron chi connectivity index (χ1n) is 6.97. The van der Waals surface area contributed by atoms with Gasteiger partial charge < -0.3 is 4.74 Å². The molecule has 0 unspecified atom stereocenters. The summed E-state index contributed by atoms with van der Waals surface area (Å²) >= 11 is 0. The molecule has 0 saturated carbocycles. The first-order chi connectivity index (χ1) is 10.5. The van der Waals surface area contributed by atoms with Gasteiger partial charge >= 0.3 is 0 Å². The number of methoxy groups -OCH3 is 1. The molecule has 0 radical (unpaired) electrons. The summed E-state index contributed by atoms with van der Waals surface area (Å²) in [6.07, 6.45) is 2.01. The molecular formula is C15H19N3O3S. The van der Waals surface area contributed by atoms with E-state index in [9.17, 15) is 8.42 Å². The topological polar surface area (TPSA) is 81.2 Å². The zero-order chi connectivity index (χ0) is 16.0. The van der Waals surface area contributed by atoms with Crippen LogP contribution in [0.5, 0.6) is 5.75 Å². The van der Waals surface area contributed by atoms with Crippen molar-refractivity contribution in [3.63, 3.8) is 0 Å². The molecule has 1 aromatic heterocycles. The van der Waals surface area contributed by atoms with Crippen molar-refractivity contribution >= 4 is 10.0 Å². The van der Waals surface area contributed by atoms with E-state index in [4.69, 9.17) is 4.74 Å². The van der Waals surface area contributed by atoms with E-state index in [1.807, 2.05) is 31.2 Å². The van der Waals surface area contributed by atoms with Crippen LogP contribution in [0.2, 0.25) is 0 Å². The molecule has 118 valence electrons. The lowest BCUT2D eigenvalue weighted by Gasteiger charge is -2.07. The third kappa shape index (κ3) is 4.51. The van der Waals surface area contributed by atoms with Crippen molar-refractivity contribution in [1.82, 2.24) is 14.7 Å². The molecular weight excluding hydrogens is 302 g/mol. The first kappa shape index (κ1) is 16.4. The fraction of sp³-hybridized carbons (Fsp3) is 0.333. The molecule has 22 heavy (non-hydrogen) atoms. The molecule has 0 amide bonds. The lowest BCUT2D eigenvalue weighted by atomic mass is 10.1. The lowest BCUT2D eigenvalue weighted by Crippen LogP contribution is -2.26. The summed E-state index contributed by atoms with van der Waals surface area (Å²) in [5.74, 6) is 0.883. The second-order valence-electron chi connectivity index (χ2n) is 4.76. The van der Waals surface area contributed by atoms with Crippen molar-refractivity contribution in [1.29, 1.82) is 0 Å². The third-order valence-corrected chi connectivity index (χ3v) is 4.59. The van der Waals surface area contributed by atoms with Crippen LogP contribution < -0.4 is 9.46 Å². The largest absolute Gasteiger partial charge is 0.497 e. The van der Waals surface area contributed by atoms with Crippen LogP contribution >= 0.6 is 0 Å². The molecule has 0 aliphatic heterocycles. The fourth-order valence-corrected chi connectivity index (χ4v) is 2.99. The predicted molar refractivity (Wildman–Crippen MR) is 84.9 cm³/mol. The van der Waals surface area contributed by atoms with E-state index in [1.165, 1.54) is 6.33 Å². The van der Waals surface area contributed by atoms with Gasteiger partial charge in [-0.2, -0.15) is 0 Å². The quantitative estimate of drug-likeness (QED) is 0.843. The Labute approximate surface area is 130 Å². The van der Waals surface area contributed by atoms with Crippen LogP contribution in [0.4, 0.5) is 0 Å². The van der Waals surface area contributed by atoms with Crippen LogP contribution in [-0.4, -0.2) is 31.2 Å². The van der Waals surface area contributed by atoms with E-state index in [0.717, 1.165) is 17.0 Å². The van der Waals surface area contributed by atoms with Crippen molar-refractivity contribution in [3.8, 4) is 17.0 Å². The molecule has 0 atom stereocenters. The van der Waals surface area contributed by atoms with Gasteiger partial charge in [-0.1, -0.05) is 6.92 Å². The molecule has 1 heterocycles. The SMILES string of the molecule is CCCS(=O)(=O)NCc1cc(-c2ccc(OC)cc2)ncn1. The highest BCUT2D eigenvalue weighted by Crippen LogP contribution is 2.20. The van der Waals surface area contributed by atoms with Gasteiger partial charge in [0.1, 0.15) is 12.1 Å². The highest BCUT2D eigenvalue weighted by molar-refractivity contribution is 7.89. The van der Waals surface area contributed by atoms with Gasteiger partial charge in [0.25, 0.3) is 0 Å². The molecule has 0 aliphatic rings. The van der Waals surface area contributed by atoms with Gasteiger partial charge in [-0.25, -0.2) is 23.1 Å². The van der Waals surface area contributed by atoms with Crippen LogP contribution in [0, 0.1) is 0 Å². The summed E-state index contributed by atoms with van der Waals surface area (Å²) in [4.78, 5) is 8.32. The second-order valence-corrected chi connectivity index (χ2v) is 6.69.